The summed E-state index contributed by atoms with van der Waals surface area (Å²) in [5, 5.41) is 6.36. The standard InChI is InChI=1S/C14H26N2O2/c17-14(11-12-4-7-15-8-5-12)16-9-6-13-3-1-2-10-18-13/h12-13,15H,1-11H2,(H,16,17). The van der Waals surface area contributed by atoms with Crippen molar-refractivity contribution in [2.75, 3.05) is 26.2 Å². The topological polar surface area (TPSA) is 50.4 Å². The van der Waals surface area contributed by atoms with Crippen LogP contribution < -0.4 is 10.6 Å². The van der Waals surface area contributed by atoms with Crippen LogP contribution in [-0.4, -0.2) is 38.3 Å². The van der Waals surface area contributed by atoms with E-state index in [0.717, 1.165) is 51.9 Å². The monoisotopic (exact) mass is 254 g/mol. The Bertz CT molecular complexity index is 246. The van der Waals surface area contributed by atoms with Crippen molar-refractivity contribution >= 4 is 5.91 Å². The van der Waals surface area contributed by atoms with Crippen LogP contribution in [0.25, 0.3) is 0 Å². The fourth-order valence-electron chi connectivity index (χ4n) is 2.83. The van der Waals surface area contributed by atoms with Gasteiger partial charge in [-0.1, -0.05) is 0 Å². The second kappa shape index (κ2) is 7.74. The Labute approximate surface area is 110 Å². The van der Waals surface area contributed by atoms with E-state index >= 15 is 0 Å². The van der Waals surface area contributed by atoms with Crippen LogP contribution in [0.2, 0.25) is 0 Å². The van der Waals surface area contributed by atoms with Gasteiger partial charge in [0.25, 0.3) is 0 Å². The van der Waals surface area contributed by atoms with Crippen molar-refractivity contribution in [3.05, 3.63) is 0 Å². The van der Waals surface area contributed by atoms with Crippen molar-refractivity contribution in [2.45, 2.75) is 51.0 Å². The molecule has 0 aromatic carbocycles. The van der Waals surface area contributed by atoms with Crippen LogP contribution in [0.1, 0.15) is 44.9 Å². The maximum Gasteiger partial charge on any atom is 0.220 e. The van der Waals surface area contributed by atoms with E-state index < -0.39 is 0 Å². The summed E-state index contributed by atoms with van der Waals surface area (Å²) in [4.78, 5) is 11.8. The van der Waals surface area contributed by atoms with Crippen molar-refractivity contribution in [2.24, 2.45) is 5.92 Å². The van der Waals surface area contributed by atoms with E-state index in [4.69, 9.17) is 4.74 Å². The Hall–Kier alpha value is -0.610. The zero-order chi connectivity index (χ0) is 12.6. The van der Waals surface area contributed by atoms with Gasteiger partial charge in [-0.3, -0.25) is 4.79 Å². The molecule has 1 amide bonds. The fourth-order valence-corrected chi connectivity index (χ4v) is 2.83. The van der Waals surface area contributed by atoms with Gasteiger partial charge < -0.3 is 15.4 Å². The van der Waals surface area contributed by atoms with E-state index in [1.165, 1.54) is 12.8 Å². The molecule has 18 heavy (non-hydrogen) atoms. The maximum absolute atomic E-state index is 11.8. The van der Waals surface area contributed by atoms with Crippen molar-refractivity contribution < 1.29 is 9.53 Å². The van der Waals surface area contributed by atoms with E-state index in [1.807, 2.05) is 0 Å². The summed E-state index contributed by atoms with van der Waals surface area (Å²) in [6.45, 7) is 3.80. The molecule has 2 aliphatic heterocycles. The molecule has 2 N–H and O–H groups in total. The molecule has 2 aliphatic rings. The van der Waals surface area contributed by atoms with Gasteiger partial charge in [0.2, 0.25) is 5.91 Å². The quantitative estimate of drug-likeness (QED) is 0.781. The second-order valence-corrected chi connectivity index (χ2v) is 5.52. The van der Waals surface area contributed by atoms with Crippen LogP contribution in [0.15, 0.2) is 0 Å². The molecule has 0 spiro atoms. The first kappa shape index (κ1) is 13.8. The zero-order valence-corrected chi connectivity index (χ0v) is 11.2. The van der Waals surface area contributed by atoms with E-state index in [-0.39, 0.29) is 5.91 Å². The van der Waals surface area contributed by atoms with Gasteiger partial charge in [0.15, 0.2) is 0 Å². The van der Waals surface area contributed by atoms with Crippen molar-refractivity contribution in [1.29, 1.82) is 0 Å². The average molecular weight is 254 g/mol. The molecule has 0 saturated carbocycles. The zero-order valence-electron chi connectivity index (χ0n) is 11.2. The second-order valence-electron chi connectivity index (χ2n) is 5.52. The summed E-state index contributed by atoms with van der Waals surface area (Å²) in [6, 6.07) is 0. The van der Waals surface area contributed by atoms with Gasteiger partial charge in [-0.05, 0) is 57.5 Å². The van der Waals surface area contributed by atoms with Crippen LogP contribution in [-0.2, 0) is 9.53 Å². The molecule has 2 rings (SSSR count). The van der Waals surface area contributed by atoms with Gasteiger partial charge in [-0.2, -0.15) is 0 Å². The summed E-state index contributed by atoms with van der Waals surface area (Å²) in [5.41, 5.74) is 0. The SMILES string of the molecule is O=C(CC1CCNCC1)NCCC1CCCCO1. The molecule has 2 heterocycles. The lowest BCUT2D eigenvalue weighted by atomic mass is 9.94. The van der Waals surface area contributed by atoms with Gasteiger partial charge in [0, 0.05) is 19.6 Å². The first-order chi connectivity index (χ1) is 8.84. The number of rotatable bonds is 5. The fraction of sp³-hybridized carbons (Fsp3) is 0.929. The first-order valence-electron chi connectivity index (χ1n) is 7.43. The molecule has 0 aliphatic carbocycles. The third-order valence-corrected chi connectivity index (χ3v) is 4.00. The van der Waals surface area contributed by atoms with Gasteiger partial charge in [-0.25, -0.2) is 0 Å². The number of carbonyl (C=O) groups is 1. The van der Waals surface area contributed by atoms with Crippen LogP contribution in [0.4, 0.5) is 0 Å². The lowest BCUT2D eigenvalue weighted by Gasteiger charge is -2.23. The predicted molar refractivity (Wildman–Crippen MR) is 71.4 cm³/mol. The molecule has 2 fully saturated rings. The number of hydrogen-bond acceptors (Lipinski definition) is 3. The molecule has 4 heteroatoms. The molecule has 0 aromatic rings. The normalized spacial score (nSPS) is 25.9. The van der Waals surface area contributed by atoms with Crippen molar-refractivity contribution in [3.8, 4) is 0 Å². The highest BCUT2D eigenvalue weighted by Gasteiger charge is 2.17. The van der Waals surface area contributed by atoms with Crippen LogP contribution in [0.5, 0.6) is 0 Å². The summed E-state index contributed by atoms with van der Waals surface area (Å²) in [6.07, 6.45) is 7.94. The van der Waals surface area contributed by atoms with Crippen LogP contribution >= 0.6 is 0 Å². The minimum absolute atomic E-state index is 0.220. The van der Waals surface area contributed by atoms with Gasteiger partial charge in [0.05, 0.1) is 6.10 Å². The third kappa shape index (κ3) is 4.94. The molecular formula is C14H26N2O2. The number of hydrogen-bond donors (Lipinski definition) is 2. The van der Waals surface area contributed by atoms with Crippen molar-refractivity contribution in [1.82, 2.24) is 10.6 Å². The first-order valence-corrected chi connectivity index (χ1v) is 7.43. The van der Waals surface area contributed by atoms with Crippen LogP contribution in [0, 0.1) is 5.92 Å². The van der Waals surface area contributed by atoms with Crippen LogP contribution in [0.3, 0.4) is 0 Å². The molecule has 4 nitrogen and oxygen atoms in total. The van der Waals surface area contributed by atoms with Gasteiger partial charge in [-0.15, -0.1) is 0 Å². The summed E-state index contributed by atoms with van der Waals surface area (Å²) >= 11 is 0. The highest BCUT2D eigenvalue weighted by molar-refractivity contribution is 5.76. The molecule has 104 valence electrons. The molecule has 1 atom stereocenters. The summed E-state index contributed by atoms with van der Waals surface area (Å²) in [5.74, 6) is 0.801. The van der Waals surface area contributed by atoms with Gasteiger partial charge in [0.1, 0.15) is 0 Å². The molecule has 0 aromatic heterocycles. The Balaban J connectivity index is 1.53. The summed E-state index contributed by atoms with van der Waals surface area (Å²) in [7, 11) is 0. The number of ether oxygens (including phenoxy) is 1. The molecule has 0 bridgehead atoms. The number of amides is 1. The third-order valence-electron chi connectivity index (χ3n) is 4.00. The van der Waals surface area contributed by atoms with Gasteiger partial charge >= 0.3 is 0 Å². The Morgan fingerprint density at radius 2 is 2.06 bits per heavy atom. The molecule has 0 radical (unpaired) electrons. The minimum atomic E-state index is 0.220. The Kier molecular flexibility index (Phi) is 5.94. The van der Waals surface area contributed by atoms with Crippen molar-refractivity contribution in [3.63, 3.8) is 0 Å². The minimum Gasteiger partial charge on any atom is -0.378 e. The van der Waals surface area contributed by atoms with E-state index in [9.17, 15) is 4.79 Å². The van der Waals surface area contributed by atoms with E-state index in [1.54, 1.807) is 0 Å². The lowest BCUT2D eigenvalue weighted by molar-refractivity contribution is -0.122. The highest BCUT2D eigenvalue weighted by atomic mass is 16.5. The van der Waals surface area contributed by atoms with E-state index in [0.29, 0.717) is 18.4 Å². The Morgan fingerprint density at radius 3 is 2.78 bits per heavy atom. The molecule has 1 unspecified atom stereocenters. The molecular weight excluding hydrogens is 228 g/mol. The number of nitrogens with one attached hydrogen (secondary N) is 2. The number of carbonyl (C=O) groups excluding carboxylic acids is 1. The molecule has 2 saturated heterocycles. The summed E-state index contributed by atoms with van der Waals surface area (Å²) < 4.78 is 5.65. The Morgan fingerprint density at radius 1 is 1.22 bits per heavy atom. The number of piperidine rings is 1. The smallest absolute Gasteiger partial charge is 0.220 e. The highest BCUT2D eigenvalue weighted by Crippen LogP contribution is 2.16. The lowest BCUT2D eigenvalue weighted by Crippen LogP contribution is -2.33. The van der Waals surface area contributed by atoms with E-state index in [2.05, 4.69) is 10.6 Å². The largest absolute Gasteiger partial charge is 0.378 e. The average Bonchev–Trinajstić information content (AvgIpc) is 2.41. The maximum atomic E-state index is 11.8. The predicted octanol–water partition coefficient (Wildman–Crippen LogP) is 1.45.